The lowest BCUT2D eigenvalue weighted by atomic mass is 9.86. The minimum atomic E-state index is -0.0279. The van der Waals surface area contributed by atoms with Crippen molar-refractivity contribution < 1.29 is 4.74 Å². The van der Waals surface area contributed by atoms with E-state index in [1.54, 1.807) is 7.11 Å². The zero-order valence-corrected chi connectivity index (χ0v) is 13.2. The summed E-state index contributed by atoms with van der Waals surface area (Å²) in [5, 5.41) is 4.18. The second-order valence-electron chi connectivity index (χ2n) is 6.66. The van der Waals surface area contributed by atoms with Crippen LogP contribution in [-0.2, 0) is 5.41 Å². The van der Waals surface area contributed by atoms with Crippen LogP contribution in [0.25, 0.3) is 0 Å². The van der Waals surface area contributed by atoms with Crippen LogP contribution >= 0.6 is 11.6 Å². The number of nitrogens with one attached hydrogen (secondary N) is 1. The fraction of sp³-hybridized carbons (Fsp3) is 0.600. The molecule has 0 unspecified atom stereocenters. The molecule has 0 atom stereocenters. The molecular formula is C15H24ClNO. The van der Waals surface area contributed by atoms with Crippen LogP contribution in [0.15, 0.2) is 12.1 Å². The molecular weight excluding hydrogens is 246 g/mol. The number of ether oxygens (including phenoxy) is 1. The number of hydrogen-bond acceptors (Lipinski definition) is 2. The molecule has 0 aliphatic carbocycles. The van der Waals surface area contributed by atoms with Gasteiger partial charge >= 0.3 is 0 Å². The molecule has 0 aromatic heterocycles. The maximum absolute atomic E-state index is 6.38. The average Bonchev–Trinajstić information content (AvgIpc) is 2.13. The van der Waals surface area contributed by atoms with Crippen LogP contribution in [0.1, 0.15) is 47.1 Å². The summed E-state index contributed by atoms with van der Waals surface area (Å²) in [7, 11) is 1.68. The molecule has 0 amide bonds. The van der Waals surface area contributed by atoms with Crippen molar-refractivity contribution in [2.24, 2.45) is 0 Å². The fourth-order valence-corrected chi connectivity index (χ4v) is 2.25. The number of methoxy groups -OCH3 is 1. The first-order valence-corrected chi connectivity index (χ1v) is 6.58. The van der Waals surface area contributed by atoms with E-state index in [9.17, 15) is 0 Å². The Balaban J connectivity index is 3.28. The number of hydrogen-bond donors (Lipinski definition) is 1. The second kappa shape index (κ2) is 5.00. The van der Waals surface area contributed by atoms with Crippen LogP contribution < -0.4 is 10.1 Å². The van der Waals surface area contributed by atoms with Gasteiger partial charge in [0.25, 0.3) is 0 Å². The van der Waals surface area contributed by atoms with Crippen molar-refractivity contribution in [3.63, 3.8) is 0 Å². The predicted molar refractivity (Wildman–Crippen MR) is 80.1 cm³/mol. The Kier molecular flexibility index (Phi) is 4.22. The Labute approximate surface area is 116 Å². The largest absolute Gasteiger partial charge is 0.495 e. The van der Waals surface area contributed by atoms with Crippen molar-refractivity contribution >= 4 is 17.3 Å². The zero-order valence-electron chi connectivity index (χ0n) is 12.4. The van der Waals surface area contributed by atoms with E-state index in [-0.39, 0.29) is 11.0 Å². The molecule has 1 aromatic carbocycles. The maximum atomic E-state index is 6.38. The van der Waals surface area contributed by atoms with Gasteiger partial charge in [-0.1, -0.05) is 32.4 Å². The summed E-state index contributed by atoms with van der Waals surface area (Å²) in [6.07, 6.45) is 0. The van der Waals surface area contributed by atoms with Gasteiger partial charge in [0.05, 0.1) is 12.8 Å². The molecule has 0 bridgehead atoms. The number of halogens is 1. The lowest BCUT2D eigenvalue weighted by Crippen LogP contribution is -2.26. The van der Waals surface area contributed by atoms with E-state index in [4.69, 9.17) is 16.3 Å². The van der Waals surface area contributed by atoms with Crippen molar-refractivity contribution in [3.8, 4) is 5.75 Å². The van der Waals surface area contributed by atoms with Crippen molar-refractivity contribution in [2.75, 3.05) is 12.4 Å². The average molecular weight is 270 g/mol. The van der Waals surface area contributed by atoms with Crippen molar-refractivity contribution in [3.05, 3.63) is 22.7 Å². The van der Waals surface area contributed by atoms with Crippen LogP contribution in [0.2, 0.25) is 5.02 Å². The van der Waals surface area contributed by atoms with Crippen LogP contribution in [0.3, 0.4) is 0 Å². The molecule has 18 heavy (non-hydrogen) atoms. The van der Waals surface area contributed by atoms with E-state index >= 15 is 0 Å². The molecule has 0 aliphatic heterocycles. The highest BCUT2D eigenvalue weighted by molar-refractivity contribution is 6.31. The Hall–Kier alpha value is -0.890. The number of benzene rings is 1. The van der Waals surface area contributed by atoms with Crippen LogP contribution in [-0.4, -0.2) is 12.6 Å². The van der Waals surface area contributed by atoms with E-state index in [1.165, 1.54) is 0 Å². The van der Waals surface area contributed by atoms with Crippen LogP contribution in [0, 0.1) is 0 Å². The lowest BCUT2D eigenvalue weighted by Gasteiger charge is -2.27. The molecule has 0 fully saturated rings. The monoisotopic (exact) mass is 269 g/mol. The van der Waals surface area contributed by atoms with Crippen molar-refractivity contribution in [2.45, 2.75) is 52.5 Å². The Morgan fingerprint density at radius 2 is 1.61 bits per heavy atom. The Morgan fingerprint density at radius 1 is 1.06 bits per heavy atom. The van der Waals surface area contributed by atoms with Crippen molar-refractivity contribution in [1.29, 1.82) is 0 Å². The summed E-state index contributed by atoms with van der Waals surface area (Å²) < 4.78 is 5.46. The number of anilines is 1. The number of rotatable bonds is 2. The molecule has 3 heteroatoms. The lowest BCUT2D eigenvalue weighted by molar-refractivity contribution is 0.413. The summed E-state index contributed by atoms with van der Waals surface area (Å²) in [5.41, 5.74) is 2.01. The molecule has 0 spiro atoms. The summed E-state index contributed by atoms with van der Waals surface area (Å²) in [4.78, 5) is 0. The minimum Gasteiger partial charge on any atom is -0.495 e. The van der Waals surface area contributed by atoms with E-state index in [0.29, 0.717) is 0 Å². The molecule has 1 N–H and O–H groups in total. The quantitative estimate of drug-likeness (QED) is 0.828. The highest BCUT2D eigenvalue weighted by Crippen LogP contribution is 2.38. The highest BCUT2D eigenvalue weighted by Gasteiger charge is 2.21. The summed E-state index contributed by atoms with van der Waals surface area (Å²) in [6.45, 7) is 12.8. The predicted octanol–water partition coefficient (Wildman–Crippen LogP) is 4.86. The Bertz CT molecular complexity index is 427. The van der Waals surface area contributed by atoms with Gasteiger partial charge in [-0.2, -0.15) is 0 Å². The zero-order chi connectivity index (χ0) is 14.1. The molecule has 0 aliphatic rings. The van der Waals surface area contributed by atoms with Gasteiger partial charge in [-0.25, -0.2) is 0 Å². The van der Waals surface area contributed by atoms with Gasteiger partial charge in [-0.3, -0.25) is 0 Å². The summed E-state index contributed by atoms with van der Waals surface area (Å²) >= 11 is 6.38. The third-order valence-electron chi connectivity index (χ3n) is 2.61. The molecule has 1 rings (SSSR count). The van der Waals surface area contributed by atoms with E-state index in [2.05, 4.69) is 46.9 Å². The van der Waals surface area contributed by atoms with Gasteiger partial charge in [0, 0.05) is 10.6 Å². The van der Waals surface area contributed by atoms with Crippen LogP contribution in [0.5, 0.6) is 5.75 Å². The van der Waals surface area contributed by atoms with Gasteiger partial charge < -0.3 is 10.1 Å². The van der Waals surface area contributed by atoms with Gasteiger partial charge in [0.15, 0.2) is 0 Å². The maximum Gasteiger partial charge on any atom is 0.142 e. The smallest absolute Gasteiger partial charge is 0.142 e. The van der Waals surface area contributed by atoms with Gasteiger partial charge in [-0.15, -0.1) is 0 Å². The molecule has 0 radical (unpaired) electrons. The molecule has 0 heterocycles. The first-order chi connectivity index (χ1) is 8.04. The van der Waals surface area contributed by atoms with Gasteiger partial charge in [0.1, 0.15) is 5.75 Å². The first kappa shape index (κ1) is 15.2. The minimum absolute atomic E-state index is 0.00459. The van der Waals surface area contributed by atoms with Gasteiger partial charge in [0.2, 0.25) is 0 Å². The fourth-order valence-electron chi connectivity index (χ4n) is 1.80. The van der Waals surface area contributed by atoms with E-state index < -0.39 is 0 Å². The molecule has 1 aromatic rings. The summed E-state index contributed by atoms with van der Waals surface area (Å²) in [5.74, 6) is 0.833. The Morgan fingerprint density at radius 3 is 2.00 bits per heavy atom. The second-order valence-corrected chi connectivity index (χ2v) is 7.06. The van der Waals surface area contributed by atoms with Crippen LogP contribution in [0.4, 0.5) is 5.69 Å². The topological polar surface area (TPSA) is 21.3 Å². The van der Waals surface area contributed by atoms with E-state index in [1.807, 2.05) is 12.1 Å². The molecule has 0 saturated carbocycles. The highest BCUT2D eigenvalue weighted by atomic mass is 35.5. The van der Waals surface area contributed by atoms with E-state index in [0.717, 1.165) is 22.0 Å². The molecule has 2 nitrogen and oxygen atoms in total. The van der Waals surface area contributed by atoms with Crippen molar-refractivity contribution in [1.82, 2.24) is 0 Å². The SMILES string of the molecule is COc1cc(C(C)(C)C)c(Cl)cc1NC(C)(C)C. The third-order valence-corrected chi connectivity index (χ3v) is 2.92. The molecule has 0 saturated heterocycles. The third kappa shape index (κ3) is 3.81. The first-order valence-electron chi connectivity index (χ1n) is 6.21. The normalized spacial score (nSPS) is 12.4. The standard InChI is InChI=1S/C15H24ClNO/c1-14(2,3)10-8-13(18-7)12(9-11(10)16)17-15(4,5)6/h8-9,17H,1-7H3. The molecule has 102 valence electrons. The summed E-state index contributed by atoms with van der Waals surface area (Å²) in [6, 6.07) is 3.97. The van der Waals surface area contributed by atoms with Gasteiger partial charge in [-0.05, 0) is 43.9 Å².